The lowest BCUT2D eigenvalue weighted by molar-refractivity contribution is -0.333. The number of nitrogens with zero attached hydrogens (tertiary/aromatic N) is 4. The zero-order valence-corrected chi connectivity index (χ0v) is 18.9. The number of anilines is 5. The Kier molecular flexibility index (Phi) is 5.97. The number of aromatic nitrogens is 3. The third-order valence-corrected chi connectivity index (χ3v) is 6.00. The van der Waals surface area contributed by atoms with Gasteiger partial charge in [0.15, 0.2) is 0 Å². The molecule has 1 aliphatic rings. The van der Waals surface area contributed by atoms with Crippen molar-refractivity contribution in [2.75, 3.05) is 48.8 Å². The Morgan fingerprint density at radius 2 is 1.91 bits per heavy atom. The van der Waals surface area contributed by atoms with E-state index in [9.17, 15) is 4.39 Å². The largest absolute Gasteiger partial charge is 0.367 e. The van der Waals surface area contributed by atoms with Gasteiger partial charge in [0.05, 0.1) is 29.3 Å². The number of hydrogen-bond acceptors (Lipinski definition) is 6. The zero-order valence-electron chi connectivity index (χ0n) is 18.9. The SMILES string of the molecule is CN1CCN(c2ccc(Nc3nc(Nc4cccc(CC#N)c4)c4cc[nH]c4[nH+]3)cc2F)CC1. The summed E-state index contributed by atoms with van der Waals surface area (Å²) in [7, 11) is 2.08. The first-order valence-corrected chi connectivity index (χ1v) is 11.2. The van der Waals surface area contributed by atoms with Crippen LogP contribution in [0.15, 0.2) is 54.7 Å². The Morgan fingerprint density at radius 3 is 2.71 bits per heavy atom. The maximum absolute atomic E-state index is 14.9. The second-order valence-corrected chi connectivity index (χ2v) is 8.44. The van der Waals surface area contributed by atoms with Crippen LogP contribution in [0.25, 0.3) is 11.0 Å². The molecule has 0 amide bonds. The number of rotatable bonds is 6. The van der Waals surface area contributed by atoms with Crippen LogP contribution in [-0.4, -0.2) is 48.1 Å². The lowest BCUT2D eigenvalue weighted by atomic mass is 10.1. The smallest absolute Gasteiger partial charge is 0.351 e. The van der Waals surface area contributed by atoms with E-state index in [1.807, 2.05) is 48.7 Å². The third kappa shape index (κ3) is 4.63. The summed E-state index contributed by atoms with van der Waals surface area (Å²) in [6.07, 6.45) is 2.17. The molecule has 0 spiro atoms. The van der Waals surface area contributed by atoms with E-state index in [1.165, 1.54) is 6.07 Å². The van der Waals surface area contributed by atoms with Gasteiger partial charge in [0, 0.05) is 44.1 Å². The van der Waals surface area contributed by atoms with E-state index in [1.54, 1.807) is 0 Å². The molecule has 2 aromatic heterocycles. The average Bonchev–Trinajstić information content (AvgIpc) is 3.30. The highest BCUT2D eigenvalue weighted by atomic mass is 19.1. The maximum Gasteiger partial charge on any atom is 0.351 e. The molecule has 4 aromatic rings. The number of hydrogen-bond donors (Lipinski definition) is 3. The molecule has 0 bridgehead atoms. The molecule has 1 fully saturated rings. The molecule has 1 aliphatic heterocycles. The summed E-state index contributed by atoms with van der Waals surface area (Å²) in [5, 5.41) is 16.4. The summed E-state index contributed by atoms with van der Waals surface area (Å²) in [4.78, 5) is 15.4. The van der Waals surface area contributed by atoms with Crippen molar-refractivity contribution in [2.45, 2.75) is 6.42 Å². The van der Waals surface area contributed by atoms with E-state index in [2.05, 4.69) is 48.5 Å². The molecule has 0 atom stereocenters. The van der Waals surface area contributed by atoms with Crippen LogP contribution < -0.4 is 20.5 Å². The van der Waals surface area contributed by atoms with Gasteiger partial charge in [0.25, 0.3) is 0 Å². The van der Waals surface area contributed by atoms with Gasteiger partial charge in [0.1, 0.15) is 5.82 Å². The molecular formula is C25H26FN8+. The van der Waals surface area contributed by atoms with Crippen LogP contribution in [0.2, 0.25) is 0 Å². The van der Waals surface area contributed by atoms with Crippen LogP contribution in [0, 0.1) is 17.1 Å². The van der Waals surface area contributed by atoms with Gasteiger partial charge in [0.2, 0.25) is 11.5 Å². The highest BCUT2D eigenvalue weighted by Gasteiger charge is 2.19. The lowest BCUT2D eigenvalue weighted by Crippen LogP contribution is -2.44. The minimum absolute atomic E-state index is 0.261. The van der Waals surface area contributed by atoms with E-state index in [0.717, 1.165) is 48.5 Å². The van der Waals surface area contributed by atoms with Crippen LogP contribution in [0.5, 0.6) is 0 Å². The molecule has 34 heavy (non-hydrogen) atoms. The van der Waals surface area contributed by atoms with Gasteiger partial charge in [-0.25, -0.2) is 9.37 Å². The van der Waals surface area contributed by atoms with Crippen molar-refractivity contribution in [3.8, 4) is 6.07 Å². The third-order valence-electron chi connectivity index (χ3n) is 6.00. The van der Waals surface area contributed by atoms with Gasteiger partial charge in [-0.2, -0.15) is 5.26 Å². The number of benzene rings is 2. The molecule has 0 aliphatic carbocycles. The molecule has 4 N–H and O–H groups in total. The van der Waals surface area contributed by atoms with E-state index in [4.69, 9.17) is 5.26 Å². The number of halogens is 1. The molecule has 0 radical (unpaired) electrons. The molecule has 1 saturated heterocycles. The average molecular weight is 458 g/mol. The van der Waals surface area contributed by atoms with Crippen LogP contribution in [0.1, 0.15) is 5.56 Å². The van der Waals surface area contributed by atoms with E-state index < -0.39 is 0 Å². The normalized spacial score (nSPS) is 14.2. The van der Waals surface area contributed by atoms with E-state index in [0.29, 0.717) is 29.6 Å². The summed E-state index contributed by atoms with van der Waals surface area (Å²) in [5.74, 6) is 0.849. The predicted octanol–water partition coefficient (Wildman–Crippen LogP) is 3.82. The monoisotopic (exact) mass is 457 g/mol. The Labute approximate surface area is 197 Å². The summed E-state index contributed by atoms with van der Waals surface area (Å²) >= 11 is 0. The van der Waals surface area contributed by atoms with Crippen molar-refractivity contribution >= 4 is 39.9 Å². The predicted molar refractivity (Wildman–Crippen MR) is 131 cm³/mol. The number of piperazine rings is 1. The van der Waals surface area contributed by atoms with Crippen molar-refractivity contribution < 1.29 is 9.37 Å². The molecule has 5 rings (SSSR count). The van der Waals surface area contributed by atoms with Gasteiger partial charge in [-0.3, -0.25) is 10.3 Å². The number of nitrogens with one attached hydrogen (secondary N) is 4. The number of fused-ring (bicyclic) bond motifs is 1. The van der Waals surface area contributed by atoms with Crippen LogP contribution >= 0.6 is 0 Å². The summed E-state index contributed by atoms with van der Waals surface area (Å²) in [6, 6.07) is 17.0. The zero-order chi connectivity index (χ0) is 23.5. The lowest BCUT2D eigenvalue weighted by Gasteiger charge is -2.34. The van der Waals surface area contributed by atoms with Crippen molar-refractivity contribution in [1.82, 2.24) is 14.9 Å². The Hall–Kier alpha value is -4.16. The first kappa shape index (κ1) is 21.7. The summed E-state index contributed by atoms with van der Waals surface area (Å²) in [5.41, 5.74) is 3.77. The molecule has 2 aromatic carbocycles. The second kappa shape index (κ2) is 9.37. The molecule has 3 heterocycles. The first-order chi connectivity index (χ1) is 16.6. The highest BCUT2D eigenvalue weighted by molar-refractivity contribution is 5.88. The van der Waals surface area contributed by atoms with E-state index in [-0.39, 0.29) is 5.82 Å². The molecule has 8 nitrogen and oxygen atoms in total. The summed E-state index contributed by atoms with van der Waals surface area (Å²) < 4.78 is 14.9. The maximum atomic E-state index is 14.9. The van der Waals surface area contributed by atoms with Crippen LogP contribution in [0.4, 0.5) is 33.2 Å². The van der Waals surface area contributed by atoms with Crippen molar-refractivity contribution in [3.05, 3.63) is 66.1 Å². The molecule has 0 saturated carbocycles. The topological polar surface area (TPSA) is 97.1 Å². The van der Waals surface area contributed by atoms with E-state index >= 15 is 0 Å². The van der Waals surface area contributed by atoms with Gasteiger partial charge in [-0.15, -0.1) is 0 Å². The molecular weight excluding hydrogens is 431 g/mol. The first-order valence-electron chi connectivity index (χ1n) is 11.2. The van der Waals surface area contributed by atoms with Crippen LogP contribution in [-0.2, 0) is 6.42 Å². The van der Waals surface area contributed by atoms with Crippen LogP contribution in [0.3, 0.4) is 0 Å². The number of aromatic amines is 2. The fourth-order valence-corrected chi connectivity index (χ4v) is 4.16. The second-order valence-electron chi connectivity index (χ2n) is 8.44. The Balaban J connectivity index is 1.39. The van der Waals surface area contributed by atoms with Crippen molar-refractivity contribution in [2.24, 2.45) is 0 Å². The van der Waals surface area contributed by atoms with Crippen molar-refractivity contribution in [1.29, 1.82) is 5.26 Å². The fraction of sp³-hybridized carbons (Fsp3) is 0.240. The Morgan fingerprint density at radius 1 is 1.09 bits per heavy atom. The molecule has 172 valence electrons. The van der Waals surface area contributed by atoms with Gasteiger partial charge in [-0.05, 0) is 42.9 Å². The molecule has 0 unspecified atom stereocenters. The number of H-pyrrole nitrogens is 2. The van der Waals surface area contributed by atoms with Crippen molar-refractivity contribution in [3.63, 3.8) is 0 Å². The fourth-order valence-electron chi connectivity index (χ4n) is 4.16. The number of nitriles is 1. The minimum atomic E-state index is -0.261. The minimum Gasteiger partial charge on any atom is -0.367 e. The standard InChI is InChI=1S/C25H25FN8/c1-33-11-13-34(14-12-33)22-6-5-19(16-21(22)26)30-25-31-23-20(8-10-28-23)24(32-25)29-18-4-2-3-17(15-18)7-9-27/h2-6,8,10,15-16H,7,11-14H2,1H3,(H3,28,29,30,31,32)/p+1. The summed E-state index contributed by atoms with van der Waals surface area (Å²) in [6.45, 7) is 3.46. The van der Waals surface area contributed by atoms with Gasteiger partial charge < -0.3 is 15.1 Å². The molecule has 9 heteroatoms. The number of likely N-dealkylation sites (N-methyl/N-ethyl adjacent to an activating group) is 1. The Bertz CT molecular complexity index is 1350. The quantitative estimate of drug-likeness (QED) is 0.407. The highest BCUT2D eigenvalue weighted by Crippen LogP contribution is 2.27. The van der Waals surface area contributed by atoms with Gasteiger partial charge in [-0.1, -0.05) is 17.1 Å². The van der Waals surface area contributed by atoms with Gasteiger partial charge >= 0.3 is 5.95 Å².